The molecule has 2 heteroatoms. The van der Waals surface area contributed by atoms with Crippen LogP contribution in [0.5, 0.6) is 0 Å². The van der Waals surface area contributed by atoms with Gasteiger partial charge in [0, 0.05) is 6.42 Å². The van der Waals surface area contributed by atoms with E-state index in [0.29, 0.717) is 0 Å². The Labute approximate surface area is 65.7 Å². The molecule has 0 radical (unpaired) electrons. The first-order chi connectivity index (χ1) is 4.56. The van der Waals surface area contributed by atoms with Crippen molar-refractivity contribution in [2.75, 3.05) is 25.4 Å². The second kappa shape index (κ2) is 4.65. The molecule has 0 amide bonds. The molecule has 10 heavy (non-hydrogen) atoms. The molecular formula is C8H16OS. The highest BCUT2D eigenvalue weighted by atomic mass is 32.3. The molecule has 0 saturated carbocycles. The molecular weight excluding hydrogens is 144 g/mol. The van der Waals surface area contributed by atoms with Crippen molar-refractivity contribution in [3.8, 4) is 12.3 Å². The Morgan fingerprint density at radius 3 is 2.40 bits per heavy atom. The summed E-state index contributed by atoms with van der Waals surface area (Å²) >= 11 is 0. The number of hydrogen-bond acceptors (Lipinski definition) is 1. The van der Waals surface area contributed by atoms with Crippen LogP contribution < -0.4 is 0 Å². The topological polar surface area (TPSA) is 9.23 Å². The van der Waals surface area contributed by atoms with Gasteiger partial charge in [0.25, 0.3) is 0 Å². The smallest absolute Gasteiger partial charge is 0.0601 e. The van der Waals surface area contributed by atoms with Gasteiger partial charge in [0.2, 0.25) is 0 Å². The lowest BCUT2D eigenvalue weighted by molar-refractivity contribution is 0.356. The maximum atomic E-state index is 5.52. The van der Waals surface area contributed by atoms with E-state index in [1.807, 2.05) is 0 Å². The Morgan fingerprint density at radius 2 is 2.00 bits per heavy atom. The van der Waals surface area contributed by atoms with Crippen molar-refractivity contribution < 1.29 is 4.18 Å². The van der Waals surface area contributed by atoms with Crippen molar-refractivity contribution in [3.05, 3.63) is 0 Å². The van der Waals surface area contributed by atoms with Crippen LogP contribution in [-0.2, 0) is 4.18 Å². The van der Waals surface area contributed by atoms with Crippen LogP contribution in [0.3, 0.4) is 0 Å². The van der Waals surface area contributed by atoms with Crippen molar-refractivity contribution in [3.63, 3.8) is 0 Å². The van der Waals surface area contributed by atoms with E-state index >= 15 is 0 Å². The minimum atomic E-state index is -0.773. The summed E-state index contributed by atoms with van der Waals surface area (Å²) in [7, 11) is -0.773. The van der Waals surface area contributed by atoms with Crippen LogP contribution in [-0.4, -0.2) is 25.4 Å². The second-order valence-corrected chi connectivity index (χ2v) is 6.54. The molecule has 0 heterocycles. The highest BCUT2D eigenvalue weighted by molar-refractivity contribution is 8.28. The molecule has 60 valence electrons. The van der Waals surface area contributed by atoms with E-state index in [4.69, 9.17) is 10.6 Å². The fourth-order valence-corrected chi connectivity index (χ4v) is 1.10. The number of terminal acetylenes is 1. The number of unbranched alkanes of at least 4 members (excludes halogenated alkanes) is 1. The first-order valence-corrected chi connectivity index (χ1v) is 6.11. The molecule has 0 aliphatic heterocycles. The third-order valence-corrected chi connectivity index (χ3v) is 1.78. The lowest BCUT2D eigenvalue weighted by Crippen LogP contribution is -1.99. The zero-order valence-corrected chi connectivity index (χ0v) is 7.83. The first-order valence-electron chi connectivity index (χ1n) is 3.32. The van der Waals surface area contributed by atoms with Gasteiger partial charge in [-0.05, 0) is 25.2 Å². The van der Waals surface area contributed by atoms with E-state index < -0.39 is 10.3 Å². The molecule has 0 unspecified atom stereocenters. The Bertz CT molecular complexity index is 118. The van der Waals surface area contributed by atoms with Crippen molar-refractivity contribution in [1.29, 1.82) is 0 Å². The van der Waals surface area contributed by atoms with E-state index in [9.17, 15) is 0 Å². The maximum Gasteiger partial charge on any atom is 0.0601 e. The molecule has 0 atom stereocenters. The summed E-state index contributed by atoms with van der Waals surface area (Å²) in [6.45, 7) is 0.809. The zero-order chi connectivity index (χ0) is 8.04. The minimum absolute atomic E-state index is 0.773. The van der Waals surface area contributed by atoms with Crippen LogP contribution in [0.4, 0.5) is 0 Å². The van der Waals surface area contributed by atoms with Gasteiger partial charge in [-0.1, -0.05) is 0 Å². The predicted octanol–water partition coefficient (Wildman–Crippen LogP) is 2.03. The Morgan fingerprint density at radius 1 is 1.40 bits per heavy atom. The average molecular weight is 160 g/mol. The number of hydrogen-bond donors (Lipinski definition) is 0. The normalized spacial score (nSPS) is 12.6. The largest absolute Gasteiger partial charge is 0.337 e. The molecule has 0 N–H and O–H groups in total. The summed E-state index contributed by atoms with van der Waals surface area (Å²) in [4.78, 5) is 0. The maximum absolute atomic E-state index is 5.52. The van der Waals surface area contributed by atoms with E-state index in [0.717, 1.165) is 19.4 Å². The third kappa shape index (κ3) is 7.87. The van der Waals surface area contributed by atoms with Crippen molar-refractivity contribution >= 4 is 10.3 Å². The predicted molar refractivity (Wildman–Crippen MR) is 49.4 cm³/mol. The lowest BCUT2D eigenvalue weighted by Gasteiger charge is -2.24. The molecule has 0 aliphatic carbocycles. The van der Waals surface area contributed by atoms with E-state index in [1.54, 1.807) is 0 Å². The lowest BCUT2D eigenvalue weighted by atomic mass is 10.3. The van der Waals surface area contributed by atoms with Crippen LogP contribution in [0.1, 0.15) is 12.8 Å². The molecule has 0 spiro atoms. The van der Waals surface area contributed by atoms with Crippen molar-refractivity contribution in [1.82, 2.24) is 0 Å². The van der Waals surface area contributed by atoms with Gasteiger partial charge in [-0.15, -0.1) is 22.7 Å². The number of rotatable bonds is 4. The summed E-state index contributed by atoms with van der Waals surface area (Å²) < 4.78 is 5.52. The quantitative estimate of drug-likeness (QED) is 0.451. The standard InChI is InChI=1S/C8H16OS/c1-5-6-7-8-9-10(2,3)4/h1H,6-8H2,2-4H3. The Kier molecular flexibility index (Phi) is 4.59. The van der Waals surface area contributed by atoms with Gasteiger partial charge in [-0.25, -0.2) is 0 Å². The van der Waals surface area contributed by atoms with Gasteiger partial charge >= 0.3 is 0 Å². The second-order valence-electron chi connectivity index (χ2n) is 2.85. The molecule has 0 aromatic carbocycles. The van der Waals surface area contributed by atoms with Crippen molar-refractivity contribution in [2.24, 2.45) is 0 Å². The van der Waals surface area contributed by atoms with E-state index in [2.05, 4.69) is 24.7 Å². The van der Waals surface area contributed by atoms with Gasteiger partial charge in [-0.2, -0.15) is 0 Å². The molecule has 0 rings (SSSR count). The fraction of sp³-hybridized carbons (Fsp3) is 0.750. The Balaban J connectivity index is 3.14. The summed E-state index contributed by atoms with van der Waals surface area (Å²) in [6.07, 6.45) is 13.3. The third-order valence-electron chi connectivity index (χ3n) is 0.902. The highest BCUT2D eigenvalue weighted by Gasteiger charge is 2.01. The van der Waals surface area contributed by atoms with Crippen LogP contribution in [0, 0.1) is 12.3 Å². The van der Waals surface area contributed by atoms with Crippen molar-refractivity contribution in [2.45, 2.75) is 12.8 Å². The van der Waals surface area contributed by atoms with Crippen LogP contribution >= 0.6 is 10.3 Å². The molecule has 0 aliphatic rings. The van der Waals surface area contributed by atoms with Gasteiger partial charge in [0.15, 0.2) is 0 Å². The molecule has 0 bridgehead atoms. The van der Waals surface area contributed by atoms with Gasteiger partial charge in [0.05, 0.1) is 6.61 Å². The molecule has 0 saturated heterocycles. The molecule has 1 nitrogen and oxygen atoms in total. The molecule has 0 aromatic heterocycles. The van der Waals surface area contributed by atoms with E-state index in [1.165, 1.54) is 0 Å². The van der Waals surface area contributed by atoms with Crippen LogP contribution in [0.25, 0.3) is 0 Å². The summed E-state index contributed by atoms with van der Waals surface area (Å²) in [6, 6.07) is 0. The van der Waals surface area contributed by atoms with E-state index in [-0.39, 0.29) is 0 Å². The highest BCUT2D eigenvalue weighted by Crippen LogP contribution is 2.35. The van der Waals surface area contributed by atoms with Gasteiger partial charge in [0.1, 0.15) is 0 Å². The van der Waals surface area contributed by atoms with Gasteiger partial charge < -0.3 is 4.18 Å². The first kappa shape index (κ1) is 9.87. The SMILES string of the molecule is C#CCCCOS(C)(C)C. The summed E-state index contributed by atoms with van der Waals surface area (Å²) in [5, 5.41) is 0. The summed E-state index contributed by atoms with van der Waals surface area (Å²) in [5.41, 5.74) is 0. The summed E-state index contributed by atoms with van der Waals surface area (Å²) in [5.74, 6) is 2.58. The van der Waals surface area contributed by atoms with Crippen LogP contribution in [0.2, 0.25) is 0 Å². The minimum Gasteiger partial charge on any atom is -0.337 e. The Hall–Kier alpha value is -0.130. The fourth-order valence-electron chi connectivity index (χ4n) is 0.483. The average Bonchev–Trinajstić information content (AvgIpc) is 1.78. The zero-order valence-electron chi connectivity index (χ0n) is 7.02. The molecule has 0 fully saturated rings. The van der Waals surface area contributed by atoms with Crippen LogP contribution in [0.15, 0.2) is 0 Å². The molecule has 0 aromatic rings. The van der Waals surface area contributed by atoms with Gasteiger partial charge in [-0.3, -0.25) is 0 Å². The monoisotopic (exact) mass is 160 g/mol.